The quantitative estimate of drug-likeness (QED) is 0.626. The Kier molecular flexibility index (Phi) is 3.04. The van der Waals surface area contributed by atoms with Gasteiger partial charge in [0.2, 0.25) is 0 Å². The van der Waals surface area contributed by atoms with Crippen LogP contribution in [0, 0.1) is 0 Å². The SMILES string of the molecule is CCC(C)N1CCC(F)(F)CC1. The topological polar surface area (TPSA) is 3.24 Å². The summed E-state index contributed by atoms with van der Waals surface area (Å²) in [5.41, 5.74) is 0. The highest BCUT2D eigenvalue weighted by Crippen LogP contribution is 2.28. The summed E-state index contributed by atoms with van der Waals surface area (Å²) in [4.78, 5) is 2.15. The van der Waals surface area contributed by atoms with Crippen molar-refractivity contribution in [3.8, 4) is 0 Å². The lowest BCUT2D eigenvalue weighted by Crippen LogP contribution is -2.43. The van der Waals surface area contributed by atoms with Crippen molar-refractivity contribution in [2.24, 2.45) is 0 Å². The van der Waals surface area contributed by atoms with Crippen molar-refractivity contribution < 1.29 is 8.78 Å². The highest BCUT2D eigenvalue weighted by Gasteiger charge is 2.34. The Morgan fingerprint density at radius 3 is 2.25 bits per heavy atom. The zero-order chi connectivity index (χ0) is 9.19. The van der Waals surface area contributed by atoms with Crippen LogP contribution in [0.4, 0.5) is 8.78 Å². The van der Waals surface area contributed by atoms with Gasteiger partial charge in [0.1, 0.15) is 0 Å². The molecule has 0 aromatic heterocycles. The summed E-state index contributed by atoms with van der Waals surface area (Å²) in [5.74, 6) is -2.40. The number of piperidine rings is 1. The molecule has 0 amide bonds. The normalized spacial score (nSPS) is 27.0. The first kappa shape index (κ1) is 9.90. The smallest absolute Gasteiger partial charge is 0.250 e. The molecule has 1 atom stereocenters. The van der Waals surface area contributed by atoms with E-state index in [2.05, 4.69) is 18.7 Å². The highest BCUT2D eigenvalue weighted by molar-refractivity contribution is 4.79. The average Bonchev–Trinajstić information content (AvgIpc) is 2.03. The first-order chi connectivity index (χ1) is 5.55. The van der Waals surface area contributed by atoms with E-state index in [4.69, 9.17) is 0 Å². The van der Waals surface area contributed by atoms with Crippen LogP contribution in [0.2, 0.25) is 0 Å². The molecule has 0 N–H and O–H groups in total. The minimum absolute atomic E-state index is 0.0390. The predicted molar refractivity (Wildman–Crippen MR) is 45.5 cm³/mol. The summed E-state index contributed by atoms with van der Waals surface area (Å²) in [6.45, 7) is 5.31. The average molecular weight is 177 g/mol. The standard InChI is InChI=1S/C9H17F2N/c1-3-8(2)12-6-4-9(10,11)5-7-12/h8H,3-7H2,1-2H3. The van der Waals surface area contributed by atoms with Crippen molar-refractivity contribution in [3.05, 3.63) is 0 Å². The van der Waals surface area contributed by atoms with Crippen LogP contribution in [-0.4, -0.2) is 30.0 Å². The summed E-state index contributed by atoms with van der Waals surface area (Å²) < 4.78 is 25.4. The van der Waals surface area contributed by atoms with Crippen molar-refractivity contribution in [1.82, 2.24) is 4.90 Å². The number of nitrogens with zero attached hydrogens (tertiary/aromatic N) is 1. The first-order valence-corrected chi connectivity index (χ1v) is 4.67. The second-order valence-corrected chi connectivity index (χ2v) is 3.65. The zero-order valence-electron chi connectivity index (χ0n) is 7.82. The molecule has 12 heavy (non-hydrogen) atoms. The number of alkyl halides is 2. The van der Waals surface area contributed by atoms with Gasteiger partial charge in [0.15, 0.2) is 0 Å². The molecule has 0 spiro atoms. The van der Waals surface area contributed by atoms with E-state index < -0.39 is 5.92 Å². The van der Waals surface area contributed by atoms with Gasteiger partial charge in [-0.1, -0.05) is 6.92 Å². The van der Waals surface area contributed by atoms with Crippen molar-refractivity contribution in [3.63, 3.8) is 0 Å². The van der Waals surface area contributed by atoms with Crippen molar-refractivity contribution >= 4 is 0 Å². The van der Waals surface area contributed by atoms with Crippen LogP contribution in [0.3, 0.4) is 0 Å². The third-order valence-corrected chi connectivity index (χ3v) is 2.74. The van der Waals surface area contributed by atoms with Gasteiger partial charge in [-0.15, -0.1) is 0 Å². The molecule has 0 radical (unpaired) electrons. The second kappa shape index (κ2) is 3.69. The lowest BCUT2D eigenvalue weighted by Gasteiger charge is -2.35. The van der Waals surface area contributed by atoms with Gasteiger partial charge in [0.05, 0.1) is 0 Å². The maximum atomic E-state index is 12.7. The van der Waals surface area contributed by atoms with E-state index in [1.54, 1.807) is 0 Å². The molecular weight excluding hydrogens is 160 g/mol. The number of rotatable bonds is 2. The maximum Gasteiger partial charge on any atom is 0.250 e. The Hall–Kier alpha value is -0.180. The van der Waals surface area contributed by atoms with E-state index in [0.29, 0.717) is 19.1 Å². The van der Waals surface area contributed by atoms with E-state index in [9.17, 15) is 8.78 Å². The lowest BCUT2D eigenvalue weighted by molar-refractivity contribution is -0.0618. The van der Waals surface area contributed by atoms with E-state index in [-0.39, 0.29) is 12.8 Å². The van der Waals surface area contributed by atoms with E-state index >= 15 is 0 Å². The highest BCUT2D eigenvalue weighted by atomic mass is 19.3. The summed E-state index contributed by atoms with van der Waals surface area (Å²) >= 11 is 0. The molecule has 1 aliphatic rings. The zero-order valence-corrected chi connectivity index (χ0v) is 7.82. The molecule has 1 heterocycles. The molecule has 1 unspecified atom stereocenters. The fourth-order valence-corrected chi connectivity index (χ4v) is 1.55. The predicted octanol–water partition coefficient (Wildman–Crippen LogP) is 2.52. The van der Waals surface area contributed by atoms with Gasteiger partial charge in [-0.2, -0.15) is 0 Å². The molecule has 1 rings (SSSR count). The summed E-state index contributed by atoms with van der Waals surface area (Å²) in [5, 5.41) is 0. The van der Waals surface area contributed by atoms with Crippen LogP contribution in [-0.2, 0) is 0 Å². The van der Waals surface area contributed by atoms with Crippen LogP contribution in [0.1, 0.15) is 33.1 Å². The molecule has 72 valence electrons. The minimum atomic E-state index is -2.40. The number of halogens is 2. The van der Waals surface area contributed by atoms with E-state index in [1.165, 1.54) is 0 Å². The van der Waals surface area contributed by atoms with Gasteiger partial charge in [0, 0.05) is 32.0 Å². The maximum absolute atomic E-state index is 12.7. The lowest BCUT2D eigenvalue weighted by atomic mass is 10.0. The van der Waals surface area contributed by atoms with Crippen molar-refractivity contribution in [1.29, 1.82) is 0 Å². The Balaban J connectivity index is 2.36. The van der Waals surface area contributed by atoms with Crippen LogP contribution in [0.5, 0.6) is 0 Å². The Bertz CT molecular complexity index is 137. The van der Waals surface area contributed by atoms with Crippen LogP contribution in [0.15, 0.2) is 0 Å². The van der Waals surface area contributed by atoms with Gasteiger partial charge in [-0.3, -0.25) is 0 Å². The van der Waals surface area contributed by atoms with Gasteiger partial charge >= 0.3 is 0 Å². The Morgan fingerprint density at radius 2 is 1.83 bits per heavy atom. The largest absolute Gasteiger partial charge is 0.300 e. The fourth-order valence-electron chi connectivity index (χ4n) is 1.55. The van der Waals surface area contributed by atoms with Gasteiger partial charge < -0.3 is 4.90 Å². The van der Waals surface area contributed by atoms with Gasteiger partial charge in [-0.25, -0.2) is 8.78 Å². The van der Waals surface area contributed by atoms with Crippen LogP contribution in [0.25, 0.3) is 0 Å². The van der Waals surface area contributed by atoms with E-state index in [0.717, 1.165) is 6.42 Å². The number of hydrogen-bond donors (Lipinski definition) is 0. The number of likely N-dealkylation sites (tertiary alicyclic amines) is 1. The molecule has 3 heteroatoms. The molecule has 0 bridgehead atoms. The van der Waals surface area contributed by atoms with Crippen molar-refractivity contribution in [2.75, 3.05) is 13.1 Å². The molecule has 1 nitrogen and oxygen atoms in total. The third kappa shape index (κ3) is 2.41. The summed E-state index contributed by atoms with van der Waals surface area (Å²) in [7, 11) is 0. The Labute approximate surface area is 72.7 Å². The van der Waals surface area contributed by atoms with Gasteiger partial charge in [0.25, 0.3) is 5.92 Å². The molecular formula is C9H17F2N. The molecule has 0 aromatic rings. The fraction of sp³-hybridized carbons (Fsp3) is 1.00. The van der Waals surface area contributed by atoms with Crippen molar-refractivity contribution in [2.45, 2.75) is 45.1 Å². The molecule has 1 aliphatic heterocycles. The van der Waals surface area contributed by atoms with Crippen LogP contribution >= 0.6 is 0 Å². The molecule has 1 fully saturated rings. The summed E-state index contributed by atoms with van der Waals surface area (Å²) in [6.07, 6.45) is 1.13. The first-order valence-electron chi connectivity index (χ1n) is 4.67. The molecule has 0 aliphatic carbocycles. The van der Waals surface area contributed by atoms with Crippen LogP contribution < -0.4 is 0 Å². The molecule has 1 saturated heterocycles. The molecule has 0 aromatic carbocycles. The monoisotopic (exact) mass is 177 g/mol. The van der Waals surface area contributed by atoms with E-state index in [1.807, 2.05) is 0 Å². The minimum Gasteiger partial charge on any atom is -0.300 e. The van der Waals surface area contributed by atoms with Gasteiger partial charge in [-0.05, 0) is 13.3 Å². The molecule has 0 saturated carbocycles. The number of hydrogen-bond acceptors (Lipinski definition) is 1. The third-order valence-electron chi connectivity index (χ3n) is 2.74. The second-order valence-electron chi connectivity index (χ2n) is 3.65. The summed E-state index contributed by atoms with van der Waals surface area (Å²) in [6, 6.07) is 0.459. The Morgan fingerprint density at radius 1 is 1.33 bits per heavy atom.